The molecule has 0 spiro atoms. The van der Waals surface area contributed by atoms with Gasteiger partial charge >= 0.3 is 0 Å². The molecule has 1 amide bonds. The molecule has 0 unspecified atom stereocenters. The highest BCUT2D eigenvalue weighted by Gasteiger charge is 2.21. The molecule has 4 rings (SSSR count). The van der Waals surface area contributed by atoms with Crippen molar-refractivity contribution in [2.75, 3.05) is 13.1 Å². The normalized spacial score (nSPS) is 15.4. The number of aromatic nitrogens is 2. The Morgan fingerprint density at radius 1 is 0.966 bits per heavy atom. The molecule has 2 heterocycles. The van der Waals surface area contributed by atoms with Gasteiger partial charge in [-0.25, -0.2) is 4.68 Å². The van der Waals surface area contributed by atoms with Crippen molar-refractivity contribution in [2.45, 2.75) is 32.0 Å². The minimum Gasteiger partial charge on any atom is -0.352 e. The van der Waals surface area contributed by atoms with Crippen LogP contribution in [0.25, 0.3) is 10.8 Å². The van der Waals surface area contributed by atoms with Crippen LogP contribution in [0, 0.1) is 0 Å². The molecule has 1 aromatic heterocycles. The van der Waals surface area contributed by atoms with E-state index in [-0.39, 0.29) is 29.6 Å². The lowest BCUT2D eigenvalue weighted by molar-refractivity contribution is -0.122. The van der Waals surface area contributed by atoms with Gasteiger partial charge in [-0.05, 0) is 30.5 Å². The second-order valence-electron chi connectivity index (χ2n) is 7.48. The highest BCUT2D eigenvalue weighted by Crippen LogP contribution is 2.14. The lowest BCUT2D eigenvalue weighted by atomic mass is 10.0. The van der Waals surface area contributed by atoms with Crippen LogP contribution in [-0.4, -0.2) is 39.7 Å². The Kier molecular flexibility index (Phi) is 5.57. The number of hydrogen-bond acceptors (Lipinski definition) is 4. The van der Waals surface area contributed by atoms with Crippen molar-refractivity contribution in [3.63, 3.8) is 0 Å². The van der Waals surface area contributed by atoms with Crippen molar-refractivity contribution in [3.8, 4) is 0 Å². The predicted octanol–water partition coefficient (Wildman–Crippen LogP) is 1.47. The number of piperidine rings is 1. The lowest BCUT2D eigenvalue weighted by Crippen LogP contribution is -2.46. The van der Waals surface area contributed by atoms with Gasteiger partial charge < -0.3 is 5.32 Å². The van der Waals surface area contributed by atoms with E-state index in [0.29, 0.717) is 10.8 Å². The first-order valence-corrected chi connectivity index (χ1v) is 9.87. The summed E-state index contributed by atoms with van der Waals surface area (Å²) in [5, 5.41) is 6.15. The molecule has 1 aliphatic rings. The third-order valence-corrected chi connectivity index (χ3v) is 5.39. The van der Waals surface area contributed by atoms with E-state index in [9.17, 15) is 14.4 Å². The number of carbonyl (C=O) groups excluding carboxylic acids is 1. The summed E-state index contributed by atoms with van der Waals surface area (Å²) in [5.74, 6) is -0.264. The number of amides is 1. The van der Waals surface area contributed by atoms with E-state index in [2.05, 4.69) is 27.4 Å². The third-order valence-electron chi connectivity index (χ3n) is 5.39. The van der Waals surface area contributed by atoms with Gasteiger partial charge in [-0.2, -0.15) is 0 Å². The smallest absolute Gasteiger partial charge is 0.273 e. The zero-order chi connectivity index (χ0) is 20.2. The maximum Gasteiger partial charge on any atom is 0.273 e. The van der Waals surface area contributed by atoms with Crippen LogP contribution in [-0.2, 0) is 17.9 Å². The average molecular weight is 392 g/mol. The fraction of sp³-hybridized carbons (Fsp3) is 0.318. The molecule has 0 atom stereocenters. The lowest BCUT2D eigenvalue weighted by Gasteiger charge is -2.32. The van der Waals surface area contributed by atoms with Crippen molar-refractivity contribution < 1.29 is 4.79 Å². The number of carbonyl (C=O) groups is 1. The van der Waals surface area contributed by atoms with Crippen molar-refractivity contribution in [3.05, 3.63) is 80.9 Å². The average Bonchev–Trinajstić information content (AvgIpc) is 2.74. The molecule has 7 nitrogen and oxygen atoms in total. The standard InChI is InChI=1S/C22H24N4O3/c27-20(15-26-22(29)19-9-5-4-8-18(19)21(28)24-26)23-17-10-12-25(13-11-17)14-16-6-2-1-3-7-16/h1-9,17H,10-15H2,(H,23,27)(H,24,28). The maximum absolute atomic E-state index is 12.5. The van der Waals surface area contributed by atoms with E-state index in [0.717, 1.165) is 37.2 Å². The summed E-state index contributed by atoms with van der Waals surface area (Å²) >= 11 is 0. The van der Waals surface area contributed by atoms with Gasteiger partial charge in [0.15, 0.2) is 0 Å². The second-order valence-corrected chi connectivity index (χ2v) is 7.48. The number of benzene rings is 2. The summed E-state index contributed by atoms with van der Waals surface area (Å²) in [5.41, 5.74) is 0.546. The van der Waals surface area contributed by atoms with Crippen molar-refractivity contribution in [2.24, 2.45) is 0 Å². The Balaban J connectivity index is 1.34. The second kappa shape index (κ2) is 8.45. The summed E-state index contributed by atoms with van der Waals surface area (Å²) in [6.45, 7) is 2.54. The third kappa shape index (κ3) is 4.46. The molecule has 0 aliphatic carbocycles. The maximum atomic E-state index is 12.5. The molecular weight excluding hydrogens is 368 g/mol. The summed E-state index contributed by atoms with van der Waals surface area (Å²) in [7, 11) is 0. The Bertz CT molecular complexity index is 1110. The highest BCUT2D eigenvalue weighted by atomic mass is 16.2. The number of hydrogen-bond donors (Lipinski definition) is 2. The first-order chi connectivity index (χ1) is 14.1. The van der Waals surface area contributed by atoms with Gasteiger partial charge in [-0.3, -0.25) is 24.4 Å². The van der Waals surface area contributed by atoms with Crippen LogP contribution in [0.1, 0.15) is 18.4 Å². The number of likely N-dealkylation sites (tertiary alicyclic amines) is 1. The SMILES string of the molecule is O=C(Cn1[nH]c(=O)c2ccccc2c1=O)NC1CCN(Cc2ccccc2)CC1. The van der Waals surface area contributed by atoms with Crippen LogP contribution >= 0.6 is 0 Å². The molecule has 29 heavy (non-hydrogen) atoms. The molecule has 1 fully saturated rings. The number of fused-ring (bicyclic) bond motifs is 1. The molecule has 7 heteroatoms. The summed E-state index contributed by atoms with van der Waals surface area (Å²) in [6, 6.07) is 17.0. The minimum atomic E-state index is -0.373. The van der Waals surface area contributed by atoms with Crippen molar-refractivity contribution in [1.29, 1.82) is 0 Å². The monoisotopic (exact) mass is 392 g/mol. The van der Waals surface area contributed by atoms with Crippen LogP contribution in [0.5, 0.6) is 0 Å². The van der Waals surface area contributed by atoms with Crippen LogP contribution in [0.15, 0.2) is 64.2 Å². The molecular formula is C22H24N4O3. The number of nitrogens with zero attached hydrogens (tertiary/aromatic N) is 2. The number of rotatable bonds is 5. The number of nitrogens with one attached hydrogen (secondary N) is 2. The van der Waals surface area contributed by atoms with Crippen LogP contribution < -0.4 is 16.4 Å². The van der Waals surface area contributed by atoms with Gasteiger partial charge in [0.25, 0.3) is 11.1 Å². The highest BCUT2D eigenvalue weighted by molar-refractivity contribution is 5.81. The van der Waals surface area contributed by atoms with Gasteiger partial charge in [-0.1, -0.05) is 42.5 Å². The molecule has 2 N–H and O–H groups in total. The molecule has 0 bridgehead atoms. The number of H-pyrrole nitrogens is 1. The van der Waals surface area contributed by atoms with Crippen LogP contribution in [0.3, 0.4) is 0 Å². The molecule has 1 saturated heterocycles. The molecule has 2 aromatic carbocycles. The topological polar surface area (TPSA) is 87.2 Å². The first kappa shape index (κ1) is 19.1. The van der Waals surface area contributed by atoms with Crippen LogP contribution in [0.4, 0.5) is 0 Å². The van der Waals surface area contributed by atoms with E-state index in [4.69, 9.17) is 0 Å². The van der Waals surface area contributed by atoms with E-state index in [1.165, 1.54) is 5.56 Å². The minimum absolute atomic E-state index is 0.0809. The summed E-state index contributed by atoms with van der Waals surface area (Å²) < 4.78 is 1.09. The largest absolute Gasteiger partial charge is 0.352 e. The quantitative estimate of drug-likeness (QED) is 0.688. The molecule has 150 valence electrons. The van der Waals surface area contributed by atoms with Crippen molar-refractivity contribution in [1.82, 2.24) is 20.0 Å². The fourth-order valence-corrected chi connectivity index (χ4v) is 3.85. The van der Waals surface area contributed by atoms with Gasteiger partial charge in [0.05, 0.1) is 10.8 Å². The van der Waals surface area contributed by atoms with Crippen LogP contribution in [0.2, 0.25) is 0 Å². The Labute approximate surface area is 167 Å². The first-order valence-electron chi connectivity index (χ1n) is 9.87. The van der Waals surface area contributed by atoms with Crippen molar-refractivity contribution >= 4 is 16.7 Å². The van der Waals surface area contributed by atoms with E-state index in [1.807, 2.05) is 18.2 Å². The van der Waals surface area contributed by atoms with Gasteiger partial charge in [-0.15, -0.1) is 0 Å². The van der Waals surface area contributed by atoms with E-state index in [1.54, 1.807) is 24.3 Å². The zero-order valence-corrected chi connectivity index (χ0v) is 16.1. The molecule has 0 radical (unpaired) electrons. The van der Waals surface area contributed by atoms with E-state index < -0.39 is 0 Å². The van der Waals surface area contributed by atoms with Gasteiger partial charge in [0.2, 0.25) is 5.91 Å². The molecule has 0 saturated carbocycles. The Morgan fingerprint density at radius 3 is 2.34 bits per heavy atom. The number of aromatic amines is 1. The summed E-state index contributed by atoms with van der Waals surface area (Å²) in [4.78, 5) is 39.5. The zero-order valence-electron chi connectivity index (χ0n) is 16.1. The molecule has 3 aromatic rings. The van der Waals surface area contributed by atoms with Gasteiger partial charge in [0.1, 0.15) is 6.54 Å². The Morgan fingerprint density at radius 2 is 1.62 bits per heavy atom. The molecule has 1 aliphatic heterocycles. The summed E-state index contributed by atoms with van der Waals surface area (Å²) in [6.07, 6.45) is 1.73. The van der Waals surface area contributed by atoms with Gasteiger partial charge in [0, 0.05) is 25.7 Å². The Hall–Kier alpha value is -3.19. The fourth-order valence-electron chi connectivity index (χ4n) is 3.85. The predicted molar refractivity (Wildman–Crippen MR) is 112 cm³/mol. The van der Waals surface area contributed by atoms with E-state index >= 15 is 0 Å².